The predicted molar refractivity (Wildman–Crippen MR) is 75.0 cm³/mol. The number of rotatable bonds is 5. The van der Waals surface area contributed by atoms with Gasteiger partial charge in [0.1, 0.15) is 0 Å². The maximum absolute atomic E-state index is 5.79. The number of ether oxygens (including phenoxy) is 1. The second-order valence-corrected chi connectivity index (χ2v) is 6.40. The first-order valence-electron chi connectivity index (χ1n) is 6.42. The Balaban J connectivity index is 1.80. The highest BCUT2D eigenvalue weighted by molar-refractivity contribution is 7.39. The van der Waals surface area contributed by atoms with Crippen LogP contribution in [-0.4, -0.2) is 24.7 Å². The molecule has 0 radical (unpaired) electrons. The van der Waals surface area contributed by atoms with Crippen molar-refractivity contribution in [3.63, 3.8) is 0 Å². The summed E-state index contributed by atoms with van der Waals surface area (Å²) in [5.74, 6) is 0.527. The Bertz CT molecular complexity index is 331. The standard InChI is InChI=1S/C14H22NOP/c1-11(15)10-13-4-2-12(3-5-13)6-7-14-16-8-9-17-14/h2-5,11,14,17H,6-10,15H2,1H3. The topological polar surface area (TPSA) is 35.2 Å². The highest BCUT2D eigenvalue weighted by Crippen LogP contribution is 2.30. The summed E-state index contributed by atoms with van der Waals surface area (Å²) in [7, 11) is 1.01. The molecular weight excluding hydrogens is 229 g/mol. The summed E-state index contributed by atoms with van der Waals surface area (Å²) in [6, 6.07) is 9.12. The molecular formula is C14H22NOP. The third-order valence-corrected chi connectivity index (χ3v) is 4.47. The Morgan fingerprint density at radius 2 is 2.06 bits per heavy atom. The van der Waals surface area contributed by atoms with E-state index in [1.165, 1.54) is 23.7 Å². The third-order valence-electron chi connectivity index (χ3n) is 3.07. The van der Waals surface area contributed by atoms with E-state index in [1.54, 1.807) is 0 Å². The fourth-order valence-corrected chi connectivity index (χ4v) is 3.32. The number of hydrogen-bond acceptors (Lipinski definition) is 2. The molecule has 3 unspecified atom stereocenters. The summed E-state index contributed by atoms with van der Waals surface area (Å²) >= 11 is 0. The molecule has 2 nitrogen and oxygen atoms in total. The van der Waals surface area contributed by atoms with Crippen LogP contribution < -0.4 is 5.73 Å². The monoisotopic (exact) mass is 251 g/mol. The van der Waals surface area contributed by atoms with Crippen molar-refractivity contribution in [3.8, 4) is 0 Å². The largest absolute Gasteiger partial charge is 0.374 e. The zero-order valence-electron chi connectivity index (χ0n) is 10.5. The van der Waals surface area contributed by atoms with Crippen LogP contribution in [-0.2, 0) is 17.6 Å². The second kappa shape index (κ2) is 6.49. The molecule has 2 N–H and O–H groups in total. The van der Waals surface area contributed by atoms with Crippen molar-refractivity contribution < 1.29 is 4.74 Å². The molecule has 0 bridgehead atoms. The molecule has 0 spiro atoms. The zero-order valence-corrected chi connectivity index (χ0v) is 11.5. The zero-order chi connectivity index (χ0) is 12.1. The highest BCUT2D eigenvalue weighted by Gasteiger charge is 2.14. The Morgan fingerprint density at radius 3 is 2.65 bits per heavy atom. The molecule has 1 aromatic rings. The Morgan fingerprint density at radius 1 is 1.35 bits per heavy atom. The van der Waals surface area contributed by atoms with Crippen LogP contribution in [0.3, 0.4) is 0 Å². The third kappa shape index (κ3) is 4.39. The van der Waals surface area contributed by atoms with Gasteiger partial charge in [-0.15, -0.1) is 0 Å². The minimum atomic E-state index is 0.244. The van der Waals surface area contributed by atoms with Gasteiger partial charge in [-0.3, -0.25) is 0 Å². The van der Waals surface area contributed by atoms with E-state index in [0.29, 0.717) is 5.85 Å². The molecule has 2 rings (SSSR count). The molecule has 17 heavy (non-hydrogen) atoms. The highest BCUT2D eigenvalue weighted by atomic mass is 31.1. The van der Waals surface area contributed by atoms with Gasteiger partial charge in [0, 0.05) is 6.04 Å². The molecule has 3 heteroatoms. The van der Waals surface area contributed by atoms with Crippen molar-refractivity contribution in [3.05, 3.63) is 35.4 Å². The van der Waals surface area contributed by atoms with Gasteiger partial charge in [0.15, 0.2) is 0 Å². The van der Waals surface area contributed by atoms with Gasteiger partial charge in [-0.05, 0) is 43.5 Å². The van der Waals surface area contributed by atoms with E-state index in [9.17, 15) is 0 Å². The summed E-state index contributed by atoms with van der Waals surface area (Å²) in [6.45, 7) is 3.02. The lowest BCUT2D eigenvalue weighted by Crippen LogP contribution is -2.17. The number of benzene rings is 1. The number of nitrogens with two attached hydrogens (primary N) is 1. The second-order valence-electron chi connectivity index (χ2n) is 4.85. The average molecular weight is 251 g/mol. The first-order chi connectivity index (χ1) is 8.24. The maximum Gasteiger partial charge on any atom is 0.0741 e. The van der Waals surface area contributed by atoms with Gasteiger partial charge in [0.05, 0.1) is 12.5 Å². The fourth-order valence-electron chi connectivity index (χ4n) is 2.18. The summed E-state index contributed by atoms with van der Waals surface area (Å²) in [5, 5.41) is 0. The summed E-state index contributed by atoms with van der Waals surface area (Å²) in [6.07, 6.45) is 4.53. The van der Waals surface area contributed by atoms with E-state index in [1.807, 2.05) is 6.92 Å². The number of hydrogen-bond donors (Lipinski definition) is 1. The lowest BCUT2D eigenvalue weighted by Gasteiger charge is -2.10. The van der Waals surface area contributed by atoms with Crippen molar-refractivity contribution in [1.29, 1.82) is 0 Å². The van der Waals surface area contributed by atoms with Crippen molar-refractivity contribution >= 4 is 8.58 Å². The molecule has 1 saturated heterocycles. The molecule has 0 aromatic heterocycles. The molecule has 0 amide bonds. The van der Waals surface area contributed by atoms with Crippen LogP contribution in [0.1, 0.15) is 24.5 Å². The van der Waals surface area contributed by atoms with Gasteiger partial charge in [-0.1, -0.05) is 32.8 Å². The summed E-state index contributed by atoms with van der Waals surface area (Å²) in [5.41, 5.74) is 8.54. The Kier molecular flexibility index (Phi) is 4.97. The summed E-state index contributed by atoms with van der Waals surface area (Å²) in [4.78, 5) is 0. The lowest BCUT2D eigenvalue weighted by atomic mass is 10.0. The van der Waals surface area contributed by atoms with Crippen molar-refractivity contribution in [2.24, 2.45) is 5.73 Å². The quantitative estimate of drug-likeness (QED) is 0.816. The van der Waals surface area contributed by atoms with Crippen LogP contribution in [0.4, 0.5) is 0 Å². The molecule has 1 fully saturated rings. The van der Waals surface area contributed by atoms with E-state index in [-0.39, 0.29) is 6.04 Å². The van der Waals surface area contributed by atoms with Gasteiger partial charge in [0.2, 0.25) is 0 Å². The van der Waals surface area contributed by atoms with E-state index in [2.05, 4.69) is 24.3 Å². The lowest BCUT2D eigenvalue weighted by molar-refractivity contribution is 0.136. The van der Waals surface area contributed by atoms with Crippen LogP contribution in [0.15, 0.2) is 24.3 Å². The average Bonchev–Trinajstić information content (AvgIpc) is 2.80. The molecule has 0 aliphatic carbocycles. The molecule has 3 atom stereocenters. The molecule has 1 aromatic carbocycles. The Hall–Kier alpha value is -0.430. The Labute approximate surface area is 106 Å². The van der Waals surface area contributed by atoms with Crippen molar-refractivity contribution in [1.82, 2.24) is 0 Å². The first kappa shape index (κ1) is 13.0. The SMILES string of the molecule is CC(N)Cc1ccc(CCC2OCCP2)cc1. The minimum Gasteiger partial charge on any atom is -0.374 e. The van der Waals surface area contributed by atoms with E-state index in [0.717, 1.165) is 28.0 Å². The smallest absolute Gasteiger partial charge is 0.0741 e. The van der Waals surface area contributed by atoms with Crippen LogP contribution >= 0.6 is 8.58 Å². The number of aryl methyl sites for hydroxylation is 1. The minimum absolute atomic E-state index is 0.244. The summed E-state index contributed by atoms with van der Waals surface area (Å²) < 4.78 is 5.65. The molecule has 94 valence electrons. The fraction of sp³-hybridized carbons (Fsp3) is 0.571. The molecule has 0 saturated carbocycles. The van der Waals surface area contributed by atoms with Crippen LogP contribution in [0.2, 0.25) is 0 Å². The van der Waals surface area contributed by atoms with E-state index >= 15 is 0 Å². The normalized spacial score (nSPS) is 23.1. The molecule has 1 aliphatic heterocycles. The van der Waals surface area contributed by atoms with Gasteiger partial charge in [-0.2, -0.15) is 0 Å². The van der Waals surface area contributed by atoms with Crippen LogP contribution in [0.25, 0.3) is 0 Å². The van der Waals surface area contributed by atoms with Gasteiger partial charge in [-0.25, -0.2) is 0 Å². The van der Waals surface area contributed by atoms with Crippen molar-refractivity contribution in [2.75, 3.05) is 12.8 Å². The molecule has 1 heterocycles. The van der Waals surface area contributed by atoms with Gasteiger partial charge < -0.3 is 10.5 Å². The van der Waals surface area contributed by atoms with Crippen molar-refractivity contribution in [2.45, 2.75) is 38.1 Å². The van der Waals surface area contributed by atoms with E-state index in [4.69, 9.17) is 10.5 Å². The predicted octanol–water partition coefficient (Wildman–Crippen LogP) is 2.54. The maximum atomic E-state index is 5.79. The van der Waals surface area contributed by atoms with E-state index < -0.39 is 0 Å². The van der Waals surface area contributed by atoms with Crippen LogP contribution in [0, 0.1) is 0 Å². The first-order valence-corrected chi connectivity index (χ1v) is 7.71. The van der Waals surface area contributed by atoms with Gasteiger partial charge in [0.25, 0.3) is 0 Å². The van der Waals surface area contributed by atoms with Gasteiger partial charge >= 0.3 is 0 Å². The molecule has 1 aliphatic rings. The van der Waals surface area contributed by atoms with Crippen LogP contribution in [0.5, 0.6) is 0 Å².